The molecule has 0 radical (unpaired) electrons. The van der Waals surface area contributed by atoms with E-state index in [0.717, 1.165) is 44.5 Å². The normalized spacial score (nSPS) is 26.9. The highest BCUT2D eigenvalue weighted by molar-refractivity contribution is 8.00. The van der Waals surface area contributed by atoms with Gasteiger partial charge in [-0.25, -0.2) is 0 Å². The van der Waals surface area contributed by atoms with Gasteiger partial charge in [0.05, 0.1) is 12.0 Å². The fourth-order valence-electron chi connectivity index (χ4n) is 3.01. The van der Waals surface area contributed by atoms with Crippen LogP contribution in [0.4, 0.5) is 0 Å². The van der Waals surface area contributed by atoms with Crippen LogP contribution in [0.5, 0.6) is 0 Å². The second-order valence-electron chi connectivity index (χ2n) is 6.39. The molecule has 1 aliphatic heterocycles. The van der Waals surface area contributed by atoms with E-state index in [1.54, 1.807) is 0 Å². The minimum absolute atomic E-state index is 0.146. The summed E-state index contributed by atoms with van der Waals surface area (Å²) in [6, 6.07) is 0. The van der Waals surface area contributed by atoms with Crippen LogP contribution in [0.25, 0.3) is 0 Å². The van der Waals surface area contributed by atoms with Crippen molar-refractivity contribution in [1.82, 2.24) is 4.90 Å². The lowest BCUT2D eigenvalue weighted by Gasteiger charge is -2.40. The first-order valence-electron chi connectivity index (χ1n) is 7.04. The molecule has 0 aromatic carbocycles. The number of thioether (sulfide) groups is 1. The van der Waals surface area contributed by atoms with Gasteiger partial charge in [-0.15, -0.1) is 0 Å². The second-order valence-corrected chi connectivity index (χ2v) is 8.19. The summed E-state index contributed by atoms with van der Waals surface area (Å²) in [5, 5.41) is 10.4. The number of aliphatic hydroxyl groups is 1. The van der Waals surface area contributed by atoms with Crippen molar-refractivity contribution in [3.63, 3.8) is 0 Å². The molecule has 3 nitrogen and oxygen atoms in total. The number of rotatable bonds is 2. The molecule has 2 fully saturated rings. The zero-order chi connectivity index (χ0) is 13.2. The third kappa shape index (κ3) is 3.64. The lowest BCUT2D eigenvalue weighted by molar-refractivity contribution is -0.138. The van der Waals surface area contributed by atoms with Crippen LogP contribution < -0.4 is 0 Å². The summed E-state index contributed by atoms with van der Waals surface area (Å²) in [4.78, 5) is 14.3. The average Bonchev–Trinajstić information content (AvgIpc) is 2.28. The first-order valence-corrected chi connectivity index (χ1v) is 8.03. The van der Waals surface area contributed by atoms with E-state index < -0.39 is 5.60 Å². The van der Waals surface area contributed by atoms with E-state index in [-0.39, 0.29) is 10.7 Å². The summed E-state index contributed by atoms with van der Waals surface area (Å²) in [5.41, 5.74) is -0.718. The molecule has 1 saturated carbocycles. The molecular formula is C14H25NO2S. The van der Waals surface area contributed by atoms with Crippen molar-refractivity contribution in [1.29, 1.82) is 0 Å². The Kier molecular flexibility index (Phi) is 4.27. The summed E-state index contributed by atoms with van der Waals surface area (Å²) in [6.45, 7) is 6.02. The fourth-order valence-corrected chi connectivity index (χ4v) is 4.12. The monoisotopic (exact) mass is 271 g/mol. The van der Waals surface area contributed by atoms with Crippen LogP contribution in [0.2, 0.25) is 0 Å². The van der Waals surface area contributed by atoms with Crippen LogP contribution >= 0.6 is 11.8 Å². The van der Waals surface area contributed by atoms with E-state index in [4.69, 9.17) is 0 Å². The molecule has 1 N–H and O–H groups in total. The van der Waals surface area contributed by atoms with E-state index >= 15 is 0 Å². The number of hydrogen-bond donors (Lipinski definition) is 1. The minimum atomic E-state index is -0.718. The van der Waals surface area contributed by atoms with Gasteiger partial charge in [0.25, 0.3) is 0 Å². The predicted molar refractivity (Wildman–Crippen MR) is 75.8 cm³/mol. The van der Waals surface area contributed by atoms with Crippen LogP contribution in [0, 0.1) is 0 Å². The lowest BCUT2D eigenvalue weighted by Crippen LogP contribution is -2.48. The van der Waals surface area contributed by atoms with Crippen molar-refractivity contribution < 1.29 is 9.90 Å². The minimum Gasteiger partial charge on any atom is -0.389 e. The summed E-state index contributed by atoms with van der Waals surface area (Å²) in [7, 11) is 0. The number of hydrogen-bond acceptors (Lipinski definition) is 3. The molecule has 0 aromatic rings. The first-order chi connectivity index (χ1) is 8.40. The molecule has 1 heterocycles. The van der Waals surface area contributed by atoms with Crippen molar-refractivity contribution in [3.8, 4) is 0 Å². The van der Waals surface area contributed by atoms with Crippen molar-refractivity contribution in [2.24, 2.45) is 0 Å². The standard InChI is InChI=1S/C14H25NO2S/c1-13(2)11-15(8-9-18-13)12(16)10-14(17)6-4-3-5-7-14/h17H,3-11H2,1-2H3. The molecule has 0 bridgehead atoms. The number of amides is 1. The largest absolute Gasteiger partial charge is 0.389 e. The van der Waals surface area contributed by atoms with Crippen LogP contribution in [0.15, 0.2) is 0 Å². The molecule has 2 aliphatic rings. The van der Waals surface area contributed by atoms with E-state index in [0.29, 0.717) is 6.42 Å². The Morgan fingerprint density at radius 1 is 1.28 bits per heavy atom. The van der Waals surface area contributed by atoms with Crippen molar-refractivity contribution in [2.75, 3.05) is 18.8 Å². The van der Waals surface area contributed by atoms with Crippen LogP contribution in [0.3, 0.4) is 0 Å². The van der Waals surface area contributed by atoms with Crippen molar-refractivity contribution in [3.05, 3.63) is 0 Å². The van der Waals surface area contributed by atoms with Gasteiger partial charge in [0.15, 0.2) is 0 Å². The maximum Gasteiger partial charge on any atom is 0.225 e. The molecule has 1 saturated heterocycles. The average molecular weight is 271 g/mol. The van der Waals surface area contributed by atoms with Gasteiger partial charge in [-0.3, -0.25) is 4.79 Å². The maximum atomic E-state index is 12.3. The Balaban J connectivity index is 1.91. The first kappa shape index (κ1) is 14.2. The molecule has 0 atom stereocenters. The quantitative estimate of drug-likeness (QED) is 0.838. The Morgan fingerprint density at radius 3 is 2.56 bits per heavy atom. The summed E-state index contributed by atoms with van der Waals surface area (Å²) in [6.07, 6.45) is 5.24. The third-order valence-corrected chi connectivity index (χ3v) is 5.34. The Morgan fingerprint density at radius 2 is 1.94 bits per heavy atom. The molecule has 0 spiro atoms. The number of nitrogens with zero attached hydrogens (tertiary/aromatic N) is 1. The van der Waals surface area contributed by atoms with Crippen LogP contribution in [-0.2, 0) is 4.79 Å². The Labute approximate surface area is 114 Å². The second kappa shape index (κ2) is 5.41. The van der Waals surface area contributed by atoms with Crippen molar-refractivity contribution >= 4 is 17.7 Å². The molecule has 2 rings (SSSR count). The molecular weight excluding hydrogens is 246 g/mol. The maximum absolute atomic E-state index is 12.3. The molecule has 18 heavy (non-hydrogen) atoms. The zero-order valence-electron chi connectivity index (χ0n) is 11.6. The summed E-state index contributed by atoms with van der Waals surface area (Å²) in [5.74, 6) is 1.16. The lowest BCUT2D eigenvalue weighted by atomic mass is 9.82. The van der Waals surface area contributed by atoms with Gasteiger partial charge in [0.2, 0.25) is 5.91 Å². The molecule has 1 amide bonds. The van der Waals surface area contributed by atoms with Gasteiger partial charge >= 0.3 is 0 Å². The van der Waals surface area contributed by atoms with Gasteiger partial charge in [-0.1, -0.05) is 19.3 Å². The van der Waals surface area contributed by atoms with Gasteiger partial charge < -0.3 is 10.0 Å². The zero-order valence-corrected chi connectivity index (χ0v) is 12.4. The smallest absolute Gasteiger partial charge is 0.225 e. The van der Waals surface area contributed by atoms with Crippen LogP contribution in [0.1, 0.15) is 52.4 Å². The summed E-state index contributed by atoms with van der Waals surface area (Å²) < 4.78 is 0.156. The number of carbonyl (C=O) groups is 1. The van der Waals surface area contributed by atoms with E-state index in [1.807, 2.05) is 16.7 Å². The molecule has 104 valence electrons. The topological polar surface area (TPSA) is 40.5 Å². The molecule has 4 heteroatoms. The van der Waals surface area contributed by atoms with E-state index in [1.165, 1.54) is 6.42 Å². The highest BCUT2D eigenvalue weighted by Gasteiger charge is 2.36. The van der Waals surface area contributed by atoms with Gasteiger partial charge in [0, 0.05) is 23.6 Å². The summed E-state index contributed by atoms with van der Waals surface area (Å²) >= 11 is 1.93. The number of carbonyl (C=O) groups excluding carboxylic acids is 1. The highest BCUT2D eigenvalue weighted by Crippen LogP contribution is 2.33. The molecule has 0 aromatic heterocycles. The Bertz CT molecular complexity index is 311. The van der Waals surface area contributed by atoms with Gasteiger partial charge in [-0.05, 0) is 26.7 Å². The van der Waals surface area contributed by atoms with Gasteiger partial charge in [-0.2, -0.15) is 11.8 Å². The van der Waals surface area contributed by atoms with Crippen molar-refractivity contribution in [2.45, 2.75) is 62.7 Å². The molecule has 1 aliphatic carbocycles. The molecule has 0 unspecified atom stereocenters. The SMILES string of the molecule is CC1(C)CN(C(=O)CC2(O)CCCCC2)CCS1. The fraction of sp³-hybridized carbons (Fsp3) is 0.929. The predicted octanol–water partition coefficient (Wildman–Crippen LogP) is 2.43. The van der Waals surface area contributed by atoms with E-state index in [2.05, 4.69) is 13.8 Å². The van der Waals surface area contributed by atoms with Crippen LogP contribution in [-0.4, -0.2) is 45.1 Å². The highest BCUT2D eigenvalue weighted by atomic mass is 32.2. The third-order valence-electron chi connectivity index (χ3n) is 4.04. The van der Waals surface area contributed by atoms with Gasteiger partial charge in [0.1, 0.15) is 0 Å². The Hall–Kier alpha value is -0.220. The van der Waals surface area contributed by atoms with E-state index in [9.17, 15) is 9.90 Å².